The van der Waals surface area contributed by atoms with E-state index in [4.69, 9.17) is 0 Å². The van der Waals surface area contributed by atoms with Crippen LogP contribution in [0.5, 0.6) is 0 Å². The van der Waals surface area contributed by atoms with Crippen molar-refractivity contribution >= 4 is 5.91 Å². The zero-order chi connectivity index (χ0) is 19.7. The van der Waals surface area contributed by atoms with Crippen LogP contribution in [0.1, 0.15) is 22.5 Å². The number of hydrogen-bond donors (Lipinski definition) is 0. The number of rotatable bonds is 4. The van der Waals surface area contributed by atoms with Crippen molar-refractivity contribution in [1.29, 1.82) is 0 Å². The highest BCUT2D eigenvalue weighted by atomic mass is 19.1. The van der Waals surface area contributed by atoms with Crippen LogP contribution in [0.2, 0.25) is 0 Å². The zero-order valence-electron chi connectivity index (χ0n) is 15.3. The maximum absolute atomic E-state index is 13.4. The summed E-state index contributed by atoms with van der Waals surface area (Å²) in [6.45, 7) is 1.08. The molecule has 0 unspecified atom stereocenters. The van der Waals surface area contributed by atoms with Crippen molar-refractivity contribution in [1.82, 2.24) is 24.4 Å². The standard InChI is InChI=1S/C20H19F2N5O/c1-26-5-3-23-19(26)18-10-17(24-12-25-18)6-13-2-4-27(11-13)20(28)14-7-15(21)9-16(22)8-14/h3,5,7-10,12-13H,2,4,6,11H2,1H3/t13-/m1/s1. The van der Waals surface area contributed by atoms with E-state index in [0.717, 1.165) is 41.8 Å². The van der Waals surface area contributed by atoms with Crippen molar-refractivity contribution in [3.05, 3.63) is 65.9 Å². The van der Waals surface area contributed by atoms with Gasteiger partial charge in [-0.1, -0.05) is 0 Å². The van der Waals surface area contributed by atoms with Gasteiger partial charge >= 0.3 is 0 Å². The second-order valence-electron chi connectivity index (χ2n) is 7.02. The van der Waals surface area contributed by atoms with Crippen LogP contribution in [0, 0.1) is 17.6 Å². The summed E-state index contributed by atoms with van der Waals surface area (Å²) in [4.78, 5) is 27.1. The third-order valence-electron chi connectivity index (χ3n) is 4.95. The van der Waals surface area contributed by atoms with Crippen LogP contribution in [-0.2, 0) is 13.5 Å². The first-order chi connectivity index (χ1) is 13.5. The molecule has 4 rings (SSSR count). The lowest BCUT2D eigenvalue weighted by Crippen LogP contribution is -2.29. The molecular formula is C20H19F2N5O. The van der Waals surface area contributed by atoms with Crippen LogP contribution < -0.4 is 0 Å². The van der Waals surface area contributed by atoms with Crippen LogP contribution in [0.3, 0.4) is 0 Å². The molecule has 144 valence electrons. The smallest absolute Gasteiger partial charge is 0.254 e. The molecule has 1 saturated heterocycles. The third kappa shape index (κ3) is 3.76. The van der Waals surface area contributed by atoms with Gasteiger partial charge in [-0.25, -0.2) is 23.7 Å². The van der Waals surface area contributed by atoms with E-state index in [-0.39, 0.29) is 17.4 Å². The molecule has 0 saturated carbocycles. The monoisotopic (exact) mass is 383 g/mol. The van der Waals surface area contributed by atoms with Gasteiger partial charge in [0.15, 0.2) is 5.82 Å². The number of aromatic nitrogens is 4. The summed E-state index contributed by atoms with van der Waals surface area (Å²) in [5.41, 5.74) is 1.67. The first kappa shape index (κ1) is 18.2. The summed E-state index contributed by atoms with van der Waals surface area (Å²) < 4.78 is 28.7. The third-order valence-corrected chi connectivity index (χ3v) is 4.95. The Morgan fingerprint density at radius 2 is 1.93 bits per heavy atom. The van der Waals surface area contributed by atoms with Gasteiger partial charge in [0.1, 0.15) is 23.7 Å². The minimum absolute atomic E-state index is 0.0391. The van der Waals surface area contributed by atoms with Crippen LogP contribution in [0.15, 0.2) is 43.0 Å². The molecule has 8 heteroatoms. The van der Waals surface area contributed by atoms with Crippen molar-refractivity contribution in [2.45, 2.75) is 12.8 Å². The summed E-state index contributed by atoms with van der Waals surface area (Å²) in [5, 5.41) is 0. The summed E-state index contributed by atoms with van der Waals surface area (Å²) in [7, 11) is 1.90. The Bertz CT molecular complexity index is 999. The second-order valence-corrected chi connectivity index (χ2v) is 7.02. The average Bonchev–Trinajstić information content (AvgIpc) is 3.29. The SMILES string of the molecule is Cn1ccnc1-c1cc(C[C@H]2CCN(C(=O)c3cc(F)cc(F)c3)C2)ncn1. The number of hydrogen-bond acceptors (Lipinski definition) is 4. The first-order valence-electron chi connectivity index (χ1n) is 9.03. The Kier molecular flexibility index (Phi) is 4.85. The maximum Gasteiger partial charge on any atom is 0.254 e. The summed E-state index contributed by atoms with van der Waals surface area (Å²) in [5.74, 6) is -0.854. The molecule has 0 spiro atoms. The highest BCUT2D eigenvalue weighted by Crippen LogP contribution is 2.23. The number of amides is 1. The Labute approximate surface area is 160 Å². The molecule has 1 fully saturated rings. The Morgan fingerprint density at radius 1 is 1.14 bits per heavy atom. The molecule has 3 heterocycles. The molecule has 1 atom stereocenters. The molecule has 0 N–H and O–H groups in total. The van der Waals surface area contributed by atoms with Crippen molar-refractivity contribution in [3.8, 4) is 11.5 Å². The van der Waals surface area contributed by atoms with E-state index in [9.17, 15) is 13.6 Å². The predicted octanol–water partition coefficient (Wildman–Crippen LogP) is 2.86. The van der Waals surface area contributed by atoms with Gasteiger partial charge in [-0.15, -0.1) is 0 Å². The lowest BCUT2D eigenvalue weighted by Gasteiger charge is -2.17. The minimum Gasteiger partial charge on any atom is -0.338 e. The molecule has 1 amide bonds. The van der Waals surface area contributed by atoms with Gasteiger partial charge < -0.3 is 9.47 Å². The molecule has 0 aliphatic carbocycles. The van der Waals surface area contributed by atoms with E-state index in [2.05, 4.69) is 15.0 Å². The van der Waals surface area contributed by atoms with E-state index in [1.54, 1.807) is 11.1 Å². The number of carbonyl (C=O) groups is 1. The fraction of sp³-hybridized carbons (Fsp3) is 0.300. The normalized spacial score (nSPS) is 16.5. The summed E-state index contributed by atoms with van der Waals surface area (Å²) >= 11 is 0. The molecule has 2 aromatic heterocycles. The quantitative estimate of drug-likeness (QED) is 0.695. The second kappa shape index (κ2) is 7.46. The molecule has 1 aliphatic rings. The molecule has 6 nitrogen and oxygen atoms in total. The van der Waals surface area contributed by atoms with E-state index in [1.807, 2.05) is 23.9 Å². The summed E-state index contributed by atoms with van der Waals surface area (Å²) in [6, 6.07) is 4.82. The van der Waals surface area contributed by atoms with Gasteiger partial charge in [-0.3, -0.25) is 4.79 Å². The lowest BCUT2D eigenvalue weighted by molar-refractivity contribution is 0.0786. The average molecular weight is 383 g/mol. The number of benzene rings is 1. The summed E-state index contributed by atoms with van der Waals surface area (Å²) in [6.07, 6.45) is 6.60. The number of imidazole rings is 1. The Hall–Kier alpha value is -3.16. The molecule has 1 aliphatic heterocycles. The lowest BCUT2D eigenvalue weighted by atomic mass is 10.0. The highest BCUT2D eigenvalue weighted by molar-refractivity contribution is 5.94. The highest BCUT2D eigenvalue weighted by Gasteiger charge is 2.28. The van der Waals surface area contributed by atoms with Gasteiger partial charge in [0.2, 0.25) is 0 Å². The van der Waals surface area contributed by atoms with Gasteiger partial charge in [0.05, 0.1) is 0 Å². The van der Waals surface area contributed by atoms with Crippen molar-refractivity contribution in [2.75, 3.05) is 13.1 Å². The molecule has 3 aromatic rings. The molecule has 0 radical (unpaired) electrons. The van der Waals surface area contributed by atoms with Gasteiger partial charge in [0, 0.05) is 49.9 Å². The molecule has 0 bridgehead atoms. The van der Waals surface area contributed by atoms with Gasteiger partial charge in [-0.2, -0.15) is 0 Å². The number of likely N-dealkylation sites (tertiary alicyclic amines) is 1. The Balaban J connectivity index is 1.44. The zero-order valence-corrected chi connectivity index (χ0v) is 15.3. The fourth-order valence-electron chi connectivity index (χ4n) is 3.58. The molecule has 28 heavy (non-hydrogen) atoms. The number of carbonyl (C=O) groups excluding carboxylic acids is 1. The van der Waals surface area contributed by atoms with E-state index >= 15 is 0 Å². The Morgan fingerprint density at radius 3 is 2.64 bits per heavy atom. The van der Waals surface area contributed by atoms with Crippen LogP contribution in [0.4, 0.5) is 8.78 Å². The molecule has 1 aromatic carbocycles. The van der Waals surface area contributed by atoms with Gasteiger partial charge in [-0.05, 0) is 37.0 Å². The van der Waals surface area contributed by atoms with Crippen molar-refractivity contribution < 1.29 is 13.6 Å². The predicted molar refractivity (Wildman–Crippen MR) is 98.3 cm³/mol. The number of halogens is 2. The van der Waals surface area contributed by atoms with Crippen LogP contribution in [0.25, 0.3) is 11.5 Å². The number of nitrogens with zero attached hydrogens (tertiary/aromatic N) is 5. The van der Waals surface area contributed by atoms with E-state index in [0.29, 0.717) is 19.5 Å². The van der Waals surface area contributed by atoms with E-state index < -0.39 is 11.6 Å². The van der Waals surface area contributed by atoms with Crippen molar-refractivity contribution in [2.24, 2.45) is 13.0 Å². The minimum atomic E-state index is -0.748. The van der Waals surface area contributed by atoms with Crippen molar-refractivity contribution in [3.63, 3.8) is 0 Å². The topological polar surface area (TPSA) is 63.9 Å². The van der Waals surface area contributed by atoms with Crippen LogP contribution in [-0.4, -0.2) is 43.4 Å². The van der Waals surface area contributed by atoms with Gasteiger partial charge in [0.25, 0.3) is 5.91 Å². The number of aryl methyl sites for hydroxylation is 1. The largest absolute Gasteiger partial charge is 0.338 e. The first-order valence-corrected chi connectivity index (χ1v) is 9.03. The van der Waals surface area contributed by atoms with Crippen LogP contribution >= 0.6 is 0 Å². The fourth-order valence-corrected chi connectivity index (χ4v) is 3.58. The molecular weight excluding hydrogens is 364 g/mol. The maximum atomic E-state index is 13.4. The van der Waals surface area contributed by atoms with E-state index in [1.165, 1.54) is 6.33 Å².